The molecule has 0 N–H and O–H groups in total. The third kappa shape index (κ3) is 43.9. The van der Waals surface area contributed by atoms with Crippen LogP contribution in [0.3, 0.4) is 0 Å². The van der Waals surface area contributed by atoms with Gasteiger partial charge >= 0.3 is 57.2 Å². The van der Waals surface area contributed by atoms with E-state index in [-0.39, 0.29) is 73.6 Å². The standard InChI is InChI=1S/Cu.Mg.Mn.3O/q3*+2;3*-2. The van der Waals surface area contributed by atoms with Gasteiger partial charge < -0.3 is 16.4 Å². The second-order valence-corrected chi connectivity index (χ2v) is 0. The molecule has 0 aliphatic rings. The van der Waals surface area contributed by atoms with E-state index in [2.05, 4.69) is 0 Å². The Bertz CT molecular complexity index is 10.8. The average Bonchev–Trinajstić information content (AvgIpc) is 0. The van der Waals surface area contributed by atoms with Crippen molar-refractivity contribution in [3.63, 3.8) is 0 Å². The molecule has 2 radical (unpaired) electrons. The van der Waals surface area contributed by atoms with Gasteiger partial charge in [-0.1, -0.05) is 0 Å². The Morgan fingerprint density at radius 2 is 0.667 bits per heavy atom. The molecule has 0 aromatic rings. The van der Waals surface area contributed by atoms with Crippen molar-refractivity contribution in [3.8, 4) is 0 Å². The van der Waals surface area contributed by atoms with E-state index in [1.165, 1.54) is 0 Å². The zero-order valence-electron chi connectivity index (χ0n) is 2.61. The Labute approximate surface area is 73.3 Å². The molecule has 0 aliphatic carbocycles. The van der Waals surface area contributed by atoms with E-state index in [1.807, 2.05) is 0 Å². The molecule has 38 valence electrons. The molecule has 6 heavy (non-hydrogen) atoms. The monoisotopic (exact) mass is 190 g/mol. The molecular formula is CuMgMnO3. The van der Waals surface area contributed by atoms with Crippen LogP contribution in [0.2, 0.25) is 0 Å². The summed E-state index contributed by atoms with van der Waals surface area (Å²) in [6.07, 6.45) is 0. The van der Waals surface area contributed by atoms with Crippen molar-refractivity contribution in [2.45, 2.75) is 0 Å². The van der Waals surface area contributed by atoms with Gasteiger partial charge in [0, 0.05) is 0 Å². The Morgan fingerprint density at radius 1 is 0.667 bits per heavy atom. The fourth-order valence-electron chi connectivity index (χ4n) is 0. The van der Waals surface area contributed by atoms with Gasteiger partial charge in [0.2, 0.25) is 0 Å². The maximum atomic E-state index is 0. The molecule has 0 rings (SSSR count). The van der Waals surface area contributed by atoms with Crippen molar-refractivity contribution in [1.29, 1.82) is 0 Å². The van der Waals surface area contributed by atoms with E-state index in [0.717, 1.165) is 0 Å². The Kier molecular flexibility index (Phi) is 1530. The van der Waals surface area contributed by atoms with Crippen LogP contribution in [-0.4, -0.2) is 23.1 Å². The van der Waals surface area contributed by atoms with Gasteiger partial charge in [-0.3, -0.25) is 0 Å². The largest absolute Gasteiger partial charge is 2.00 e. The minimum atomic E-state index is 0. The molecule has 0 saturated heterocycles. The van der Waals surface area contributed by atoms with Crippen LogP contribution in [0, 0.1) is 0 Å². The summed E-state index contributed by atoms with van der Waals surface area (Å²) in [7, 11) is 0. The summed E-state index contributed by atoms with van der Waals surface area (Å²) in [5, 5.41) is 0. The van der Waals surface area contributed by atoms with Gasteiger partial charge in [0.1, 0.15) is 0 Å². The Balaban J connectivity index is 0. The van der Waals surface area contributed by atoms with Crippen molar-refractivity contribution in [2.24, 2.45) is 0 Å². The zero-order chi connectivity index (χ0) is 0. The van der Waals surface area contributed by atoms with E-state index >= 15 is 0 Å². The number of hydrogen-bond acceptors (Lipinski definition) is 0. The van der Waals surface area contributed by atoms with Crippen LogP contribution < -0.4 is 0 Å². The fourth-order valence-corrected chi connectivity index (χ4v) is 0. The van der Waals surface area contributed by atoms with Crippen LogP contribution in [0.1, 0.15) is 0 Å². The van der Waals surface area contributed by atoms with Crippen LogP contribution in [0.25, 0.3) is 0 Å². The topological polar surface area (TPSA) is 85.5 Å². The summed E-state index contributed by atoms with van der Waals surface area (Å²) >= 11 is 0. The average molecular weight is 191 g/mol. The van der Waals surface area contributed by atoms with Crippen LogP contribution in [0.5, 0.6) is 0 Å². The second-order valence-electron chi connectivity index (χ2n) is 0. The molecule has 0 heterocycles. The van der Waals surface area contributed by atoms with Gasteiger partial charge in [0.05, 0.1) is 0 Å². The van der Waals surface area contributed by atoms with E-state index < -0.39 is 0 Å². The van der Waals surface area contributed by atoms with Crippen LogP contribution in [0.15, 0.2) is 0 Å². The predicted octanol–water partition coefficient (Wildman–Crippen LogP) is -0.742. The minimum Gasteiger partial charge on any atom is -2.00 e. The first-order chi connectivity index (χ1) is 0. The smallest absolute Gasteiger partial charge is 2.00 e. The Hall–Kier alpha value is 1.69. The van der Waals surface area contributed by atoms with Crippen LogP contribution in [0.4, 0.5) is 0 Å². The third-order valence-electron chi connectivity index (χ3n) is 0. The second kappa shape index (κ2) is 76.1. The molecule has 0 aromatic carbocycles. The molecule has 0 aliphatic heterocycles. The van der Waals surface area contributed by atoms with Gasteiger partial charge in [-0.15, -0.1) is 0 Å². The first-order valence-electron chi connectivity index (χ1n) is 0. The molecule has 0 fully saturated rings. The molecule has 0 aromatic heterocycles. The summed E-state index contributed by atoms with van der Waals surface area (Å²) in [5.41, 5.74) is 0. The third-order valence-corrected chi connectivity index (χ3v) is 0. The van der Waals surface area contributed by atoms with Crippen molar-refractivity contribution in [3.05, 3.63) is 0 Å². The van der Waals surface area contributed by atoms with Gasteiger partial charge in [-0.25, -0.2) is 0 Å². The zero-order valence-corrected chi connectivity index (χ0v) is 6.15. The van der Waals surface area contributed by atoms with Crippen molar-refractivity contribution >= 4 is 23.1 Å². The van der Waals surface area contributed by atoms with Gasteiger partial charge in [-0.2, -0.15) is 0 Å². The number of hydrogen-bond donors (Lipinski definition) is 0. The normalized spacial score (nSPS) is 0. The van der Waals surface area contributed by atoms with Gasteiger partial charge in [0.25, 0.3) is 0 Å². The minimum absolute atomic E-state index is 0. The number of rotatable bonds is 0. The van der Waals surface area contributed by atoms with Crippen LogP contribution >= 0.6 is 0 Å². The van der Waals surface area contributed by atoms with E-state index in [4.69, 9.17) is 0 Å². The maximum absolute atomic E-state index is 0. The van der Waals surface area contributed by atoms with Gasteiger partial charge in [0.15, 0.2) is 0 Å². The SMILES string of the molecule is [Cu+2].[Mg+2].[Mn+2].[O-2].[O-2].[O-2]. The quantitative estimate of drug-likeness (QED) is 0.451. The molecule has 0 unspecified atom stereocenters. The summed E-state index contributed by atoms with van der Waals surface area (Å²) in [6.45, 7) is 0. The predicted molar refractivity (Wildman–Crippen MR) is 7.81 cm³/mol. The van der Waals surface area contributed by atoms with Crippen molar-refractivity contribution in [2.75, 3.05) is 0 Å². The van der Waals surface area contributed by atoms with E-state index in [0.29, 0.717) is 0 Å². The maximum Gasteiger partial charge on any atom is 2.00 e. The summed E-state index contributed by atoms with van der Waals surface area (Å²) in [6, 6.07) is 0. The fraction of sp³-hybridized carbons (Fsp3) is 0. The molecule has 0 atom stereocenters. The van der Waals surface area contributed by atoms with Crippen LogP contribution in [-0.2, 0) is 50.6 Å². The first-order valence-corrected chi connectivity index (χ1v) is 0. The molecule has 3 nitrogen and oxygen atoms in total. The van der Waals surface area contributed by atoms with E-state index in [1.54, 1.807) is 0 Å². The van der Waals surface area contributed by atoms with E-state index in [9.17, 15) is 0 Å². The molecular weight excluding hydrogens is 191 g/mol. The van der Waals surface area contributed by atoms with Crippen molar-refractivity contribution < 1.29 is 50.6 Å². The first kappa shape index (κ1) is 121. The molecule has 6 heteroatoms. The summed E-state index contributed by atoms with van der Waals surface area (Å²) in [5.74, 6) is 0. The summed E-state index contributed by atoms with van der Waals surface area (Å²) in [4.78, 5) is 0. The molecule has 0 bridgehead atoms. The molecule has 0 spiro atoms. The molecule has 0 saturated carbocycles. The van der Waals surface area contributed by atoms with Gasteiger partial charge in [-0.05, 0) is 0 Å². The van der Waals surface area contributed by atoms with Crippen molar-refractivity contribution in [1.82, 2.24) is 0 Å². The molecule has 0 amide bonds. The summed E-state index contributed by atoms with van der Waals surface area (Å²) < 4.78 is 0. The Morgan fingerprint density at radius 3 is 0.667 bits per heavy atom.